The zero-order valence-electron chi connectivity index (χ0n) is 15.0. The lowest BCUT2D eigenvalue weighted by molar-refractivity contribution is 0.0945. The van der Waals surface area contributed by atoms with Gasteiger partial charge >= 0.3 is 0 Å². The molecule has 2 N–H and O–H groups in total. The van der Waals surface area contributed by atoms with Crippen molar-refractivity contribution < 1.29 is 13.2 Å². The van der Waals surface area contributed by atoms with Crippen LogP contribution in [0.3, 0.4) is 0 Å². The maximum atomic E-state index is 12.3. The van der Waals surface area contributed by atoms with E-state index in [1.54, 1.807) is 30.6 Å². The molecule has 8 nitrogen and oxygen atoms in total. The number of aryl methyl sites for hydroxylation is 1. The minimum absolute atomic E-state index is 0.0130. The highest BCUT2D eigenvalue weighted by Crippen LogP contribution is 2.24. The lowest BCUT2D eigenvalue weighted by Gasteiger charge is -2.10. The quantitative estimate of drug-likeness (QED) is 0.405. The number of carbonyl (C=O) groups excluding carboxylic acids is 1. The third kappa shape index (κ3) is 5.49. The van der Waals surface area contributed by atoms with Crippen LogP contribution in [0.4, 0.5) is 0 Å². The van der Waals surface area contributed by atoms with Crippen LogP contribution in [0.2, 0.25) is 10.0 Å². The number of amides is 1. The van der Waals surface area contributed by atoms with E-state index in [0.717, 1.165) is 10.7 Å². The molecule has 29 heavy (non-hydrogen) atoms. The minimum Gasteiger partial charge on any atom is -0.312 e. The Labute approximate surface area is 181 Å². The normalized spacial score (nSPS) is 11.4. The van der Waals surface area contributed by atoms with Crippen molar-refractivity contribution in [1.29, 1.82) is 0 Å². The number of rotatable bonds is 7. The summed E-state index contributed by atoms with van der Waals surface area (Å²) in [6.07, 6.45) is 1.62. The van der Waals surface area contributed by atoms with E-state index in [-0.39, 0.29) is 20.5 Å². The molecule has 1 amide bonds. The molecular formula is C17H15Cl2N5O3S2. The maximum Gasteiger partial charge on any atom is 0.266 e. The van der Waals surface area contributed by atoms with Gasteiger partial charge in [0, 0.05) is 23.4 Å². The summed E-state index contributed by atoms with van der Waals surface area (Å²) >= 11 is 13.2. The van der Waals surface area contributed by atoms with Crippen LogP contribution in [0.25, 0.3) is 0 Å². The number of halogens is 2. The van der Waals surface area contributed by atoms with Gasteiger partial charge in [-0.3, -0.25) is 10.2 Å². The smallest absolute Gasteiger partial charge is 0.266 e. The van der Waals surface area contributed by atoms with Crippen LogP contribution in [0.1, 0.15) is 15.9 Å². The van der Waals surface area contributed by atoms with Crippen LogP contribution in [0, 0.1) is 0 Å². The van der Waals surface area contributed by atoms with Gasteiger partial charge in [0.2, 0.25) is 0 Å². The molecule has 0 aliphatic carbocycles. The van der Waals surface area contributed by atoms with E-state index in [2.05, 4.69) is 15.6 Å². The van der Waals surface area contributed by atoms with Gasteiger partial charge in [-0.05, 0) is 35.9 Å². The van der Waals surface area contributed by atoms with Gasteiger partial charge in [0.1, 0.15) is 11.2 Å². The summed E-state index contributed by atoms with van der Waals surface area (Å²) in [5.74, 6) is 0.0353. The molecule has 1 aromatic heterocycles. The standard InChI is InChI=1S/C17H15Cl2N5O3S2/c1-24-10-20-22-17(24)28-9-11-2-4-12(5-3-11)16(25)21-23-29(26,27)15-8-13(18)6-7-14(15)19/h2-8,10,23H,9H2,1H3,(H,21,25). The number of hydrogen-bond donors (Lipinski definition) is 2. The number of sulfonamides is 1. The van der Waals surface area contributed by atoms with Crippen molar-refractivity contribution in [2.75, 3.05) is 0 Å². The SMILES string of the molecule is Cn1cnnc1SCc1ccc(C(=O)NNS(=O)(=O)c2cc(Cl)ccc2Cl)cc1. The predicted octanol–water partition coefficient (Wildman–Crippen LogP) is 3.04. The molecule has 0 fully saturated rings. The van der Waals surface area contributed by atoms with E-state index >= 15 is 0 Å². The van der Waals surface area contributed by atoms with Gasteiger partial charge in [-0.15, -0.1) is 15.0 Å². The van der Waals surface area contributed by atoms with Gasteiger partial charge in [-0.2, -0.15) is 0 Å². The average Bonchev–Trinajstić information content (AvgIpc) is 3.11. The van der Waals surface area contributed by atoms with E-state index in [4.69, 9.17) is 23.2 Å². The zero-order chi connectivity index (χ0) is 21.0. The molecular weight excluding hydrogens is 457 g/mol. The Balaban J connectivity index is 1.60. The Morgan fingerprint density at radius 1 is 1.17 bits per heavy atom. The molecule has 0 unspecified atom stereocenters. The van der Waals surface area contributed by atoms with E-state index < -0.39 is 15.9 Å². The fraction of sp³-hybridized carbons (Fsp3) is 0.118. The second kappa shape index (κ2) is 9.14. The van der Waals surface area contributed by atoms with E-state index in [1.165, 1.54) is 30.0 Å². The molecule has 0 saturated carbocycles. The molecule has 3 rings (SSSR count). The Kier molecular flexibility index (Phi) is 6.81. The second-order valence-corrected chi connectivity index (χ2v) is 9.28. The zero-order valence-corrected chi connectivity index (χ0v) is 18.1. The molecule has 0 saturated heterocycles. The van der Waals surface area contributed by atoms with Crippen LogP contribution in [-0.4, -0.2) is 29.1 Å². The van der Waals surface area contributed by atoms with E-state index in [0.29, 0.717) is 5.75 Å². The second-order valence-electron chi connectivity index (χ2n) is 5.84. The van der Waals surface area contributed by atoms with Gasteiger partial charge < -0.3 is 4.57 Å². The van der Waals surface area contributed by atoms with Gasteiger partial charge in [-0.1, -0.05) is 47.1 Å². The summed E-state index contributed by atoms with van der Waals surface area (Å²) < 4.78 is 26.5. The number of thioether (sulfide) groups is 1. The molecule has 0 aliphatic heterocycles. The molecule has 2 aromatic carbocycles. The number of nitrogens with one attached hydrogen (secondary N) is 2. The molecule has 3 aromatic rings. The van der Waals surface area contributed by atoms with Gasteiger partial charge in [0.05, 0.1) is 5.02 Å². The summed E-state index contributed by atoms with van der Waals surface area (Å²) in [6.45, 7) is 0. The third-order valence-electron chi connectivity index (χ3n) is 3.74. The first-order valence-corrected chi connectivity index (χ1v) is 11.3. The lowest BCUT2D eigenvalue weighted by Crippen LogP contribution is -2.41. The summed E-state index contributed by atoms with van der Waals surface area (Å²) in [4.78, 5) is 14.0. The molecule has 1 heterocycles. The Morgan fingerprint density at radius 2 is 1.90 bits per heavy atom. The predicted molar refractivity (Wildman–Crippen MR) is 111 cm³/mol. The van der Waals surface area contributed by atoms with Crippen molar-refractivity contribution in [3.8, 4) is 0 Å². The van der Waals surface area contributed by atoms with Crippen LogP contribution in [-0.2, 0) is 22.8 Å². The highest BCUT2D eigenvalue weighted by atomic mass is 35.5. The monoisotopic (exact) mass is 471 g/mol. The van der Waals surface area contributed by atoms with Gasteiger partial charge in [0.15, 0.2) is 5.16 Å². The number of aromatic nitrogens is 3. The largest absolute Gasteiger partial charge is 0.312 e. The molecule has 0 radical (unpaired) electrons. The van der Waals surface area contributed by atoms with E-state index in [1.807, 2.05) is 16.4 Å². The summed E-state index contributed by atoms with van der Waals surface area (Å²) in [7, 11) is -2.22. The molecule has 0 aliphatic rings. The van der Waals surface area contributed by atoms with Crippen LogP contribution in [0.5, 0.6) is 0 Å². The molecule has 0 atom stereocenters. The minimum atomic E-state index is -4.08. The molecule has 12 heteroatoms. The fourth-order valence-electron chi connectivity index (χ4n) is 2.23. The number of benzene rings is 2. The Morgan fingerprint density at radius 3 is 2.55 bits per heavy atom. The van der Waals surface area contributed by atoms with Crippen molar-refractivity contribution in [1.82, 2.24) is 25.0 Å². The van der Waals surface area contributed by atoms with Crippen molar-refractivity contribution in [2.45, 2.75) is 15.8 Å². The lowest BCUT2D eigenvalue weighted by atomic mass is 10.1. The first kappa shape index (κ1) is 21.6. The Hall–Kier alpha value is -2.11. The summed E-state index contributed by atoms with van der Waals surface area (Å²) in [5.41, 5.74) is 3.42. The number of carbonyl (C=O) groups is 1. The molecule has 0 spiro atoms. The summed E-state index contributed by atoms with van der Waals surface area (Å²) in [6, 6.07) is 10.8. The number of nitrogens with zero attached hydrogens (tertiary/aromatic N) is 3. The van der Waals surface area contributed by atoms with Gasteiger partial charge in [-0.25, -0.2) is 8.42 Å². The van der Waals surface area contributed by atoms with Crippen LogP contribution >= 0.6 is 35.0 Å². The van der Waals surface area contributed by atoms with Crippen LogP contribution < -0.4 is 10.3 Å². The molecule has 152 valence electrons. The highest BCUT2D eigenvalue weighted by Gasteiger charge is 2.19. The van der Waals surface area contributed by atoms with Crippen molar-refractivity contribution in [2.24, 2.45) is 7.05 Å². The fourth-order valence-corrected chi connectivity index (χ4v) is 4.67. The van der Waals surface area contributed by atoms with E-state index in [9.17, 15) is 13.2 Å². The number of hydrazine groups is 1. The van der Waals surface area contributed by atoms with Crippen LogP contribution in [0.15, 0.2) is 58.8 Å². The molecule has 0 bridgehead atoms. The summed E-state index contributed by atoms with van der Waals surface area (Å²) in [5, 5.41) is 8.77. The number of hydrogen-bond acceptors (Lipinski definition) is 6. The first-order chi connectivity index (χ1) is 13.8. The average molecular weight is 472 g/mol. The van der Waals surface area contributed by atoms with Crippen molar-refractivity contribution >= 4 is 50.9 Å². The third-order valence-corrected chi connectivity index (χ3v) is 6.81. The van der Waals surface area contributed by atoms with Crippen molar-refractivity contribution in [3.63, 3.8) is 0 Å². The highest BCUT2D eigenvalue weighted by molar-refractivity contribution is 7.98. The first-order valence-electron chi connectivity index (χ1n) is 8.09. The van der Waals surface area contributed by atoms with Crippen molar-refractivity contribution in [3.05, 3.63) is 70.0 Å². The Bertz CT molecular complexity index is 1130. The van der Waals surface area contributed by atoms with Gasteiger partial charge in [0.25, 0.3) is 15.9 Å². The maximum absolute atomic E-state index is 12.3. The topological polar surface area (TPSA) is 106 Å².